The summed E-state index contributed by atoms with van der Waals surface area (Å²) in [6.07, 6.45) is 2.31. The molecular weight excluding hydrogens is 246 g/mol. The fraction of sp³-hybridized carbons (Fsp3) is 0.615. The van der Waals surface area contributed by atoms with Gasteiger partial charge in [0.2, 0.25) is 0 Å². The first-order chi connectivity index (χ1) is 8.79. The van der Waals surface area contributed by atoms with Gasteiger partial charge in [-0.15, -0.1) is 0 Å². The van der Waals surface area contributed by atoms with Gasteiger partial charge in [-0.3, -0.25) is 0 Å². The summed E-state index contributed by atoms with van der Waals surface area (Å²) in [6, 6.07) is 1.68. The molecule has 19 heavy (non-hydrogen) atoms. The van der Waals surface area contributed by atoms with Crippen LogP contribution in [-0.4, -0.2) is 45.3 Å². The van der Waals surface area contributed by atoms with Crippen molar-refractivity contribution in [1.29, 1.82) is 0 Å². The van der Waals surface area contributed by atoms with Gasteiger partial charge in [-0.25, -0.2) is 14.8 Å². The lowest BCUT2D eigenvalue weighted by molar-refractivity contribution is 0.0271. The third-order valence-corrected chi connectivity index (χ3v) is 2.33. The summed E-state index contributed by atoms with van der Waals surface area (Å²) in [5, 5.41) is 9.88. The van der Waals surface area contributed by atoms with Crippen molar-refractivity contribution in [3.8, 4) is 0 Å². The smallest absolute Gasteiger partial charge is 0.410 e. The Morgan fingerprint density at radius 3 is 2.53 bits per heavy atom. The standard InChI is InChI=1S/C13H21N3O3/c1-13(2,3)19-12(18)16(4)9-6-10(17)11-14-7-5-8-15-11/h5,7-8,10,17H,6,9H2,1-4H3. The Bertz CT molecular complexity index is 403. The molecule has 1 unspecified atom stereocenters. The molecule has 0 saturated heterocycles. The summed E-state index contributed by atoms with van der Waals surface area (Å²) in [7, 11) is 1.63. The number of hydrogen-bond acceptors (Lipinski definition) is 5. The van der Waals surface area contributed by atoms with Crippen LogP contribution in [0.5, 0.6) is 0 Å². The lowest BCUT2D eigenvalue weighted by atomic mass is 10.2. The molecular formula is C13H21N3O3. The summed E-state index contributed by atoms with van der Waals surface area (Å²) in [6.45, 7) is 5.80. The minimum Gasteiger partial charge on any atom is -0.444 e. The number of aliphatic hydroxyl groups is 1. The predicted molar refractivity (Wildman–Crippen MR) is 70.5 cm³/mol. The zero-order valence-corrected chi connectivity index (χ0v) is 11.8. The van der Waals surface area contributed by atoms with Crippen molar-refractivity contribution in [2.75, 3.05) is 13.6 Å². The maximum absolute atomic E-state index is 11.7. The number of rotatable bonds is 4. The molecule has 0 aliphatic heterocycles. The molecule has 0 fully saturated rings. The number of aliphatic hydroxyl groups excluding tert-OH is 1. The van der Waals surface area contributed by atoms with Gasteiger partial charge < -0.3 is 14.7 Å². The lowest BCUT2D eigenvalue weighted by Gasteiger charge is -2.25. The van der Waals surface area contributed by atoms with Gasteiger partial charge in [0.25, 0.3) is 0 Å². The van der Waals surface area contributed by atoms with Gasteiger partial charge in [0.05, 0.1) is 0 Å². The topological polar surface area (TPSA) is 75.5 Å². The highest BCUT2D eigenvalue weighted by atomic mass is 16.6. The summed E-state index contributed by atoms with van der Waals surface area (Å²) < 4.78 is 5.21. The predicted octanol–water partition coefficient (Wildman–Crippen LogP) is 1.77. The average molecular weight is 267 g/mol. The highest BCUT2D eigenvalue weighted by Gasteiger charge is 2.20. The number of nitrogens with zero attached hydrogens (tertiary/aromatic N) is 3. The molecule has 1 aromatic heterocycles. The van der Waals surface area contributed by atoms with Crippen molar-refractivity contribution in [2.24, 2.45) is 0 Å². The number of aromatic nitrogens is 2. The molecule has 1 rings (SSSR count). The van der Waals surface area contributed by atoms with Crippen molar-refractivity contribution >= 4 is 6.09 Å². The van der Waals surface area contributed by atoms with Crippen LogP contribution in [0, 0.1) is 0 Å². The van der Waals surface area contributed by atoms with Crippen molar-refractivity contribution in [2.45, 2.75) is 38.9 Å². The molecule has 0 aliphatic carbocycles. The van der Waals surface area contributed by atoms with E-state index in [-0.39, 0.29) is 0 Å². The second kappa shape index (κ2) is 6.47. The molecule has 1 aromatic rings. The molecule has 6 heteroatoms. The van der Waals surface area contributed by atoms with Crippen LogP contribution in [0.1, 0.15) is 39.1 Å². The molecule has 0 spiro atoms. The maximum Gasteiger partial charge on any atom is 0.410 e. The first kappa shape index (κ1) is 15.4. The van der Waals surface area contributed by atoms with Gasteiger partial charge in [-0.05, 0) is 33.3 Å². The Labute approximate surface area is 113 Å². The zero-order chi connectivity index (χ0) is 14.5. The van der Waals surface area contributed by atoms with Gasteiger partial charge in [-0.2, -0.15) is 0 Å². The fourth-order valence-electron chi connectivity index (χ4n) is 1.36. The van der Waals surface area contributed by atoms with Crippen LogP contribution in [0.2, 0.25) is 0 Å². The Morgan fingerprint density at radius 2 is 2.00 bits per heavy atom. The van der Waals surface area contributed by atoms with E-state index in [4.69, 9.17) is 4.74 Å². The van der Waals surface area contributed by atoms with Crippen LogP contribution in [0.4, 0.5) is 4.79 Å². The molecule has 0 saturated carbocycles. The van der Waals surface area contributed by atoms with Crippen LogP contribution in [0.25, 0.3) is 0 Å². The number of carbonyl (C=O) groups is 1. The average Bonchev–Trinajstić information content (AvgIpc) is 2.34. The van der Waals surface area contributed by atoms with E-state index in [0.29, 0.717) is 18.8 Å². The van der Waals surface area contributed by atoms with E-state index in [1.54, 1.807) is 25.5 Å². The van der Waals surface area contributed by atoms with Crippen LogP contribution >= 0.6 is 0 Å². The maximum atomic E-state index is 11.7. The van der Waals surface area contributed by atoms with Gasteiger partial charge in [0, 0.05) is 26.0 Å². The third-order valence-electron chi connectivity index (χ3n) is 2.33. The van der Waals surface area contributed by atoms with Crippen LogP contribution in [0.3, 0.4) is 0 Å². The molecule has 6 nitrogen and oxygen atoms in total. The molecule has 0 aromatic carbocycles. The molecule has 0 aliphatic rings. The highest BCUT2D eigenvalue weighted by molar-refractivity contribution is 5.67. The number of ether oxygens (including phenoxy) is 1. The first-order valence-corrected chi connectivity index (χ1v) is 6.18. The Balaban J connectivity index is 2.42. The van der Waals surface area contributed by atoms with Crippen LogP contribution in [0.15, 0.2) is 18.5 Å². The Hall–Kier alpha value is -1.69. The van der Waals surface area contributed by atoms with Crippen molar-refractivity contribution < 1.29 is 14.6 Å². The summed E-state index contributed by atoms with van der Waals surface area (Å²) in [5.41, 5.74) is -0.521. The molecule has 1 N–H and O–H groups in total. The van der Waals surface area contributed by atoms with E-state index in [1.807, 2.05) is 20.8 Å². The van der Waals surface area contributed by atoms with Gasteiger partial charge in [0.1, 0.15) is 11.7 Å². The van der Waals surface area contributed by atoms with Crippen molar-refractivity contribution in [1.82, 2.24) is 14.9 Å². The number of carbonyl (C=O) groups excluding carboxylic acids is 1. The first-order valence-electron chi connectivity index (χ1n) is 6.18. The lowest BCUT2D eigenvalue weighted by Crippen LogP contribution is -2.35. The second-order valence-corrected chi connectivity index (χ2v) is 5.31. The zero-order valence-electron chi connectivity index (χ0n) is 11.8. The third kappa shape index (κ3) is 5.65. The van der Waals surface area contributed by atoms with E-state index in [0.717, 1.165) is 0 Å². The second-order valence-electron chi connectivity index (χ2n) is 5.31. The summed E-state index contributed by atoms with van der Waals surface area (Å²) >= 11 is 0. The van der Waals surface area contributed by atoms with E-state index >= 15 is 0 Å². The van der Waals surface area contributed by atoms with E-state index in [2.05, 4.69) is 9.97 Å². The Kier molecular flexibility index (Phi) is 5.23. The van der Waals surface area contributed by atoms with Gasteiger partial charge >= 0.3 is 6.09 Å². The van der Waals surface area contributed by atoms with Crippen molar-refractivity contribution in [3.63, 3.8) is 0 Å². The quantitative estimate of drug-likeness (QED) is 0.899. The summed E-state index contributed by atoms with van der Waals surface area (Å²) in [4.78, 5) is 21.1. The molecule has 106 valence electrons. The number of hydrogen-bond donors (Lipinski definition) is 1. The summed E-state index contributed by atoms with van der Waals surface area (Å²) in [5.74, 6) is 0.361. The largest absolute Gasteiger partial charge is 0.444 e. The highest BCUT2D eigenvalue weighted by Crippen LogP contribution is 2.13. The van der Waals surface area contributed by atoms with Crippen LogP contribution in [-0.2, 0) is 4.74 Å². The minimum atomic E-state index is -0.786. The molecule has 1 atom stereocenters. The monoisotopic (exact) mass is 267 g/mol. The Morgan fingerprint density at radius 1 is 1.42 bits per heavy atom. The molecule has 0 radical (unpaired) electrons. The molecule has 1 amide bonds. The van der Waals surface area contributed by atoms with Crippen molar-refractivity contribution in [3.05, 3.63) is 24.3 Å². The normalized spacial score (nSPS) is 12.9. The minimum absolute atomic E-state index is 0.361. The molecule has 0 bridgehead atoms. The fourth-order valence-corrected chi connectivity index (χ4v) is 1.36. The van der Waals surface area contributed by atoms with Crippen LogP contribution < -0.4 is 0 Å². The van der Waals surface area contributed by atoms with Gasteiger partial charge in [0.15, 0.2) is 5.82 Å². The van der Waals surface area contributed by atoms with E-state index in [1.165, 1.54) is 4.90 Å². The SMILES string of the molecule is CN(CCC(O)c1ncccn1)C(=O)OC(C)(C)C. The number of amides is 1. The van der Waals surface area contributed by atoms with E-state index in [9.17, 15) is 9.90 Å². The molecule has 1 heterocycles. The van der Waals surface area contributed by atoms with E-state index < -0.39 is 17.8 Å². The van der Waals surface area contributed by atoms with Gasteiger partial charge in [-0.1, -0.05) is 0 Å².